The molecule has 34 heavy (non-hydrogen) atoms. The number of carbonyl (C=O) groups excluding carboxylic acids is 1. The summed E-state index contributed by atoms with van der Waals surface area (Å²) in [6.45, 7) is 5.38. The molecule has 0 spiro atoms. The second-order valence-corrected chi connectivity index (χ2v) is 11.0. The normalized spacial score (nSPS) is 12.5. The minimum atomic E-state index is -3.89. The third-order valence-electron chi connectivity index (χ3n) is 5.57. The molecule has 176 valence electrons. The van der Waals surface area contributed by atoms with Crippen LogP contribution in [0.3, 0.4) is 0 Å². The average Bonchev–Trinajstić information content (AvgIpc) is 3.12. The van der Waals surface area contributed by atoms with Gasteiger partial charge >= 0.3 is 5.97 Å². The SMILES string of the molecule is Cc1sc2nc(C(C)OC(=O)c3cccc(S(=O)(=O)N(C)c4ccccc4)c3)[nH]c(=O)c2c1C. The van der Waals surface area contributed by atoms with E-state index in [4.69, 9.17) is 4.74 Å². The largest absolute Gasteiger partial charge is 0.451 e. The van der Waals surface area contributed by atoms with E-state index < -0.39 is 22.1 Å². The highest BCUT2D eigenvalue weighted by atomic mass is 32.2. The van der Waals surface area contributed by atoms with Crippen molar-refractivity contribution < 1.29 is 17.9 Å². The number of ether oxygens (including phenoxy) is 1. The van der Waals surface area contributed by atoms with E-state index >= 15 is 0 Å². The van der Waals surface area contributed by atoms with E-state index in [1.54, 1.807) is 37.3 Å². The molecule has 2 heterocycles. The van der Waals surface area contributed by atoms with E-state index in [0.717, 1.165) is 14.7 Å². The van der Waals surface area contributed by atoms with Gasteiger partial charge in [0.05, 0.1) is 21.5 Å². The number of hydrogen-bond donors (Lipinski definition) is 1. The van der Waals surface area contributed by atoms with Crippen molar-refractivity contribution in [3.8, 4) is 0 Å². The number of hydrogen-bond acceptors (Lipinski definition) is 7. The van der Waals surface area contributed by atoms with Gasteiger partial charge in [-0.25, -0.2) is 18.2 Å². The van der Waals surface area contributed by atoms with Gasteiger partial charge in [-0.15, -0.1) is 11.3 Å². The molecule has 8 nitrogen and oxygen atoms in total. The third-order valence-corrected chi connectivity index (χ3v) is 8.46. The number of carbonyl (C=O) groups is 1. The molecule has 1 atom stereocenters. The molecule has 0 saturated heterocycles. The van der Waals surface area contributed by atoms with Crippen molar-refractivity contribution in [3.63, 3.8) is 0 Å². The molecule has 2 aromatic carbocycles. The Bertz CT molecular complexity index is 1540. The zero-order valence-electron chi connectivity index (χ0n) is 19.0. The molecule has 0 radical (unpaired) electrons. The van der Waals surface area contributed by atoms with Gasteiger partial charge in [0, 0.05) is 11.9 Å². The van der Waals surface area contributed by atoms with E-state index in [2.05, 4.69) is 9.97 Å². The number of aryl methyl sites for hydroxylation is 2. The molecule has 0 fully saturated rings. The maximum Gasteiger partial charge on any atom is 0.338 e. The number of nitrogens with zero attached hydrogens (tertiary/aromatic N) is 2. The predicted molar refractivity (Wildman–Crippen MR) is 132 cm³/mol. The number of aromatic amines is 1. The fraction of sp³-hybridized carbons (Fsp3) is 0.208. The standard InChI is InChI=1S/C24H23N3O5S2/c1-14-16(3)33-23-20(14)22(28)25-21(26-23)15(2)32-24(29)17-9-8-12-19(13-17)34(30,31)27(4)18-10-6-5-7-11-18/h5-13,15H,1-4H3,(H,25,26,28). The number of aromatic nitrogens is 2. The van der Waals surface area contributed by atoms with Gasteiger partial charge in [-0.2, -0.15) is 0 Å². The molecule has 0 aliphatic carbocycles. The molecule has 2 aromatic heterocycles. The maximum atomic E-state index is 13.1. The fourth-order valence-electron chi connectivity index (χ4n) is 3.47. The van der Waals surface area contributed by atoms with Gasteiger partial charge in [0.2, 0.25) is 0 Å². The predicted octanol–water partition coefficient (Wildman–Crippen LogP) is 4.34. The van der Waals surface area contributed by atoms with Gasteiger partial charge in [-0.3, -0.25) is 9.10 Å². The van der Waals surface area contributed by atoms with Crippen molar-refractivity contribution in [2.24, 2.45) is 0 Å². The summed E-state index contributed by atoms with van der Waals surface area (Å²) in [5, 5.41) is 0.533. The van der Waals surface area contributed by atoms with Crippen LogP contribution < -0.4 is 9.86 Å². The van der Waals surface area contributed by atoms with Crippen LogP contribution in [0.1, 0.15) is 39.7 Å². The summed E-state index contributed by atoms with van der Waals surface area (Å²) in [5.74, 6) is -0.507. The van der Waals surface area contributed by atoms with Crippen molar-refractivity contribution in [2.75, 3.05) is 11.4 Å². The van der Waals surface area contributed by atoms with Crippen molar-refractivity contribution in [2.45, 2.75) is 31.8 Å². The first kappa shape index (κ1) is 23.7. The van der Waals surface area contributed by atoms with Gasteiger partial charge in [0.1, 0.15) is 4.83 Å². The Morgan fingerprint density at radius 1 is 1.12 bits per heavy atom. The highest BCUT2D eigenvalue weighted by Gasteiger charge is 2.24. The molecule has 1 unspecified atom stereocenters. The van der Waals surface area contributed by atoms with Gasteiger partial charge in [-0.1, -0.05) is 24.3 Å². The van der Waals surface area contributed by atoms with Gasteiger partial charge in [0.15, 0.2) is 11.9 Å². The third kappa shape index (κ3) is 4.34. The lowest BCUT2D eigenvalue weighted by molar-refractivity contribution is 0.0319. The number of fused-ring (bicyclic) bond motifs is 1. The zero-order valence-corrected chi connectivity index (χ0v) is 20.7. The number of thiophene rings is 1. The van der Waals surface area contributed by atoms with E-state index in [0.29, 0.717) is 15.9 Å². The first-order valence-corrected chi connectivity index (χ1v) is 12.7. The Labute approximate surface area is 200 Å². The van der Waals surface area contributed by atoms with Crippen LogP contribution in [0, 0.1) is 13.8 Å². The molecule has 4 aromatic rings. The molecular formula is C24H23N3O5S2. The summed E-state index contributed by atoms with van der Waals surface area (Å²) < 4.78 is 32.8. The summed E-state index contributed by atoms with van der Waals surface area (Å²) in [4.78, 5) is 34.0. The van der Waals surface area contributed by atoms with E-state index in [-0.39, 0.29) is 21.8 Å². The molecule has 4 rings (SSSR count). The Morgan fingerprint density at radius 2 is 1.82 bits per heavy atom. The quantitative estimate of drug-likeness (QED) is 0.397. The van der Waals surface area contributed by atoms with Crippen molar-refractivity contribution >= 4 is 43.2 Å². The molecule has 0 bridgehead atoms. The van der Waals surface area contributed by atoms with Crippen LogP contribution in [-0.2, 0) is 14.8 Å². The van der Waals surface area contributed by atoms with Gasteiger partial charge in [0.25, 0.3) is 15.6 Å². The van der Waals surface area contributed by atoms with Crippen LogP contribution in [0.4, 0.5) is 5.69 Å². The van der Waals surface area contributed by atoms with Crippen LogP contribution in [0.25, 0.3) is 10.2 Å². The number of esters is 1. The summed E-state index contributed by atoms with van der Waals surface area (Å²) in [5.41, 5.74) is 1.15. The summed E-state index contributed by atoms with van der Waals surface area (Å²) in [6, 6.07) is 14.3. The van der Waals surface area contributed by atoms with Crippen LogP contribution in [0.2, 0.25) is 0 Å². The molecule has 0 aliphatic rings. The Balaban J connectivity index is 1.58. The van der Waals surface area contributed by atoms with E-state index in [1.165, 1.54) is 42.6 Å². The Morgan fingerprint density at radius 3 is 2.53 bits per heavy atom. The van der Waals surface area contributed by atoms with Crippen molar-refractivity contribution in [1.29, 1.82) is 0 Å². The molecule has 1 N–H and O–H groups in total. The van der Waals surface area contributed by atoms with Crippen LogP contribution in [0.5, 0.6) is 0 Å². The van der Waals surface area contributed by atoms with Crippen LogP contribution in [0.15, 0.2) is 64.3 Å². The number of nitrogens with one attached hydrogen (secondary N) is 1. The van der Waals surface area contributed by atoms with Crippen molar-refractivity contribution in [3.05, 3.63) is 86.8 Å². The highest BCUT2D eigenvalue weighted by molar-refractivity contribution is 7.92. The number of H-pyrrole nitrogens is 1. The van der Waals surface area contributed by atoms with E-state index in [9.17, 15) is 18.0 Å². The molecule has 0 aliphatic heterocycles. The minimum Gasteiger partial charge on any atom is -0.451 e. The number of rotatable bonds is 6. The number of para-hydroxylation sites is 1. The zero-order chi connectivity index (χ0) is 24.6. The first-order valence-electron chi connectivity index (χ1n) is 10.4. The average molecular weight is 498 g/mol. The summed E-state index contributed by atoms with van der Waals surface area (Å²) in [7, 11) is -2.45. The topological polar surface area (TPSA) is 109 Å². The lowest BCUT2D eigenvalue weighted by atomic mass is 10.2. The first-order chi connectivity index (χ1) is 16.1. The Hall–Kier alpha value is -3.50. The lowest BCUT2D eigenvalue weighted by Gasteiger charge is -2.20. The number of anilines is 1. The highest BCUT2D eigenvalue weighted by Crippen LogP contribution is 2.27. The summed E-state index contributed by atoms with van der Waals surface area (Å²) >= 11 is 1.40. The molecule has 0 saturated carbocycles. The van der Waals surface area contributed by atoms with Crippen LogP contribution >= 0.6 is 11.3 Å². The smallest absolute Gasteiger partial charge is 0.338 e. The molecule has 10 heteroatoms. The monoisotopic (exact) mass is 497 g/mol. The second-order valence-electron chi connectivity index (χ2n) is 7.80. The van der Waals surface area contributed by atoms with E-state index in [1.807, 2.05) is 13.8 Å². The van der Waals surface area contributed by atoms with Gasteiger partial charge in [-0.05, 0) is 56.7 Å². The number of benzene rings is 2. The lowest BCUT2D eigenvalue weighted by Crippen LogP contribution is -2.26. The summed E-state index contributed by atoms with van der Waals surface area (Å²) in [6.07, 6.45) is -0.848. The fourth-order valence-corrected chi connectivity index (χ4v) is 5.75. The minimum absolute atomic E-state index is 0.0431. The Kier molecular flexibility index (Phi) is 6.28. The van der Waals surface area contributed by atoms with Crippen molar-refractivity contribution in [1.82, 2.24) is 9.97 Å². The van der Waals surface area contributed by atoms with Gasteiger partial charge < -0.3 is 9.72 Å². The molecule has 0 amide bonds. The maximum absolute atomic E-state index is 13.1. The second kappa shape index (κ2) is 9.03. The molecular weight excluding hydrogens is 474 g/mol. The van der Waals surface area contributed by atoms with Crippen LogP contribution in [-0.4, -0.2) is 31.4 Å². The number of sulfonamides is 1.